The van der Waals surface area contributed by atoms with E-state index in [-0.39, 0.29) is 18.2 Å². The van der Waals surface area contributed by atoms with Crippen molar-refractivity contribution < 1.29 is 14.3 Å². The molecule has 1 heterocycles. The van der Waals surface area contributed by atoms with Gasteiger partial charge in [0.05, 0.1) is 0 Å². The van der Waals surface area contributed by atoms with Crippen molar-refractivity contribution in [2.75, 3.05) is 6.61 Å². The van der Waals surface area contributed by atoms with Crippen LogP contribution in [-0.2, 0) is 14.3 Å². The highest BCUT2D eigenvalue weighted by Crippen LogP contribution is 2.35. The number of esters is 1. The quantitative estimate of drug-likeness (QED) is 0.726. The molecule has 1 aliphatic carbocycles. The lowest BCUT2D eigenvalue weighted by atomic mass is 9.75. The summed E-state index contributed by atoms with van der Waals surface area (Å²) in [4.78, 5) is 12.0. The van der Waals surface area contributed by atoms with Gasteiger partial charge in [0.15, 0.2) is 6.10 Å². The van der Waals surface area contributed by atoms with Gasteiger partial charge in [-0.3, -0.25) is 0 Å². The van der Waals surface area contributed by atoms with Crippen molar-refractivity contribution >= 4 is 5.97 Å². The number of carbonyl (C=O) groups is 1. The smallest absolute Gasteiger partial charge is 0.335 e. The summed E-state index contributed by atoms with van der Waals surface area (Å²) in [5.41, 5.74) is 0. The number of hydrogen-bond donors (Lipinski definition) is 0. The third-order valence-electron chi connectivity index (χ3n) is 4.42. The highest BCUT2D eigenvalue weighted by Gasteiger charge is 2.35. The van der Waals surface area contributed by atoms with Gasteiger partial charge in [-0.05, 0) is 43.4 Å². The monoisotopic (exact) mass is 254 g/mol. The molecule has 3 nitrogen and oxygen atoms in total. The number of carbonyl (C=O) groups excluding carboxylic acids is 1. The van der Waals surface area contributed by atoms with Gasteiger partial charge in [0, 0.05) is 6.61 Å². The average Bonchev–Trinajstić information content (AvgIpc) is 2.81. The lowest BCUT2D eigenvalue weighted by Gasteiger charge is -2.37. The molecule has 1 saturated heterocycles. The molecule has 2 aliphatic rings. The third-order valence-corrected chi connectivity index (χ3v) is 4.42. The molecule has 18 heavy (non-hydrogen) atoms. The van der Waals surface area contributed by atoms with Crippen molar-refractivity contribution in [1.82, 2.24) is 0 Å². The third kappa shape index (κ3) is 3.25. The Morgan fingerprint density at radius 1 is 1.28 bits per heavy atom. The normalized spacial score (nSPS) is 36.9. The van der Waals surface area contributed by atoms with E-state index < -0.39 is 0 Å². The van der Waals surface area contributed by atoms with Crippen LogP contribution in [-0.4, -0.2) is 24.8 Å². The molecule has 1 aliphatic heterocycles. The van der Waals surface area contributed by atoms with Crippen LogP contribution in [0.3, 0.4) is 0 Å². The molecule has 0 N–H and O–H groups in total. The van der Waals surface area contributed by atoms with Crippen molar-refractivity contribution in [3.63, 3.8) is 0 Å². The maximum atomic E-state index is 12.0. The van der Waals surface area contributed by atoms with Crippen LogP contribution in [0.1, 0.15) is 52.9 Å². The van der Waals surface area contributed by atoms with E-state index in [4.69, 9.17) is 9.47 Å². The highest BCUT2D eigenvalue weighted by molar-refractivity contribution is 5.75. The first-order chi connectivity index (χ1) is 8.58. The lowest BCUT2D eigenvalue weighted by Crippen LogP contribution is -2.38. The van der Waals surface area contributed by atoms with Gasteiger partial charge < -0.3 is 9.47 Å². The van der Waals surface area contributed by atoms with E-state index in [1.54, 1.807) is 0 Å². The Kier molecular flexibility index (Phi) is 4.66. The van der Waals surface area contributed by atoms with Crippen LogP contribution in [0.5, 0.6) is 0 Å². The molecule has 0 bridgehead atoms. The fourth-order valence-corrected chi connectivity index (χ4v) is 3.24. The molecule has 2 rings (SSSR count). The van der Waals surface area contributed by atoms with E-state index in [0.717, 1.165) is 19.3 Å². The fourth-order valence-electron chi connectivity index (χ4n) is 3.24. The Balaban J connectivity index is 1.93. The first kappa shape index (κ1) is 13.9. The second kappa shape index (κ2) is 6.05. The SMILES string of the molecule is CC1CCC(C(C)C)C(OC(=O)C2CCCO2)C1. The molecule has 2 fully saturated rings. The van der Waals surface area contributed by atoms with Gasteiger partial charge in [-0.1, -0.05) is 27.2 Å². The zero-order valence-corrected chi connectivity index (χ0v) is 11.9. The van der Waals surface area contributed by atoms with Crippen LogP contribution in [0.2, 0.25) is 0 Å². The van der Waals surface area contributed by atoms with Gasteiger partial charge in [-0.15, -0.1) is 0 Å². The standard InChI is InChI=1S/C15H26O3/c1-10(2)12-7-6-11(3)9-14(12)18-15(16)13-5-4-8-17-13/h10-14H,4-9H2,1-3H3. The Hall–Kier alpha value is -0.570. The maximum absolute atomic E-state index is 12.0. The zero-order valence-electron chi connectivity index (χ0n) is 11.9. The van der Waals surface area contributed by atoms with E-state index in [9.17, 15) is 4.79 Å². The Labute approximate surface area is 110 Å². The Morgan fingerprint density at radius 2 is 2.06 bits per heavy atom. The van der Waals surface area contributed by atoms with Crippen LogP contribution in [0.4, 0.5) is 0 Å². The molecule has 4 unspecified atom stereocenters. The second-order valence-electron chi connectivity index (χ2n) is 6.30. The van der Waals surface area contributed by atoms with E-state index in [1.165, 1.54) is 12.8 Å². The summed E-state index contributed by atoms with van der Waals surface area (Å²) in [6, 6.07) is 0. The van der Waals surface area contributed by atoms with Crippen molar-refractivity contribution in [3.8, 4) is 0 Å². The first-order valence-electron chi connectivity index (χ1n) is 7.40. The topological polar surface area (TPSA) is 35.5 Å². The summed E-state index contributed by atoms with van der Waals surface area (Å²) >= 11 is 0. The predicted molar refractivity (Wildman–Crippen MR) is 70.2 cm³/mol. The van der Waals surface area contributed by atoms with E-state index >= 15 is 0 Å². The average molecular weight is 254 g/mol. The number of ether oxygens (including phenoxy) is 2. The molecular formula is C15H26O3. The summed E-state index contributed by atoms with van der Waals surface area (Å²) in [6.45, 7) is 7.42. The molecule has 4 atom stereocenters. The minimum absolute atomic E-state index is 0.102. The van der Waals surface area contributed by atoms with Gasteiger partial charge in [0.2, 0.25) is 0 Å². The van der Waals surface area contributed by atoms with Gasteiger partial charge in [0.25, 0.3) is 0 Å². The lowest BCUT2D eigenvalue weighted by molar-refractivity contribution is -0.166. The molecule has 3 heteroatoms. The molecule has 1 saturated carbocycles. The predicted octanol–water partition coefficient (Wildman–Crippen LogP) is 3.17. The zero-order chi connectivity index (χ0) is 13.1. The van der Waals surface area contributed by atoms with E-state index in [0.29, 0.717) is 24.4 Å². The molecule has 0 aromatic heterocycles. The summed E-state index contributed by atoms with van der Waals surface area (Å²) in [6.07, 6.45) is 5.07. The minimum Gasteiger partial charge on any atom is -0.460 e. The molecule has 0 radical (unpaired) electrons. The Morgan fingerprint density at radius 3 is 2.67 bits per heavy atom. The van der Waals surface area contributed by atoms with Crippen LogP contribution in [0.15, 0.2) is 0 Å². The molecule has 0 aromatic rings. The first-order valence-corrected chi connectivity index (χ1v) is 7.40. The molecule has 0 aromatic carbocycles. The van der Waals surface area contributed by atoms with Crippen molar-refractivity contribution in [1.29, 1.82) is 0 Å². The van der Waals surface area contributed by atoms with Gasteiger partial charge in [0.1, 0.15) is 6.10 Å². The van der Waals surface area contributed by atoms with Crippen molar-refractivity contribution in [2.45, 2.75) is 65.1 Å². The highest BCUT2D eigenvalue weighted by atomic mass is 16.6. The Bertz CT molecular complexity index is 281. The summed E-state index contributed by atoms with van der Waals surface area (Å²) in [5, 5.41) is 0. The molecule has 0 amide bonds. The van der Waals surface area contributed by atoms with Gasteiger partial charge in [-0.2, -0.15) is 0 Å². The summed E-state index contributed by atoms with van der Waals surface area (Å²) in [5.74, 6) is 1.64. The molecular weight excluding hydrogens is 228 g/mol. The second-order valence-corrected chi connectivity index (χ2v) is 6.30. The van der Waals surface area contributed by atoms with Gasteiger partial charge >= 0.3 is 5.97 Å². The van der Waals surface area contributed by atoms with Crippen LogP contribution in [0.25, 0.3) is 0 Å². The fraction of sp³-hybridized carbons (Fsp3) is 0.933. The summed E-state index contributed by atoms with van der Waals surface area (Å²) < 4.78 is 11.2. The van der Waals surface area contributed by atoms with Crippen LogP contribution < -0.4 is 0 Å². The van der Waals surface area contributed by atoms with Crippen molar-refractivity contribution in [3.05, 3.63) is 0 Å². The van der Waals surface area contributed by atoms with E-state index in [1.807, 2.05) is 0 Å². The number of hydrogen-bond acceptors (Lipinski definition) is 3. The largest absolute Gasteiger partial charge is 0.460 e. The van der Waals surface area contributed by atoms with Crippen LogP contribution in [0, 0.1) is 17.8 Å². The molecule has 0 spiro atoms. The summed E-state index contributed by atoms with van der Waals surface area (Å²) in [7, 11) is 0. The number of rotatable bonds is 3. The molecule has 104 valence electrons. The minimum atomic E-state index is -0.296. The van der Waals surface area contributed by atoms with Crippen LogP contribution >= 0.6 is 0 Å². The van der Waals surface area contributed by atoms with Gasteiger partial charge in [-0.25, -0.2) is 4.79 Å². The van der Waals surface area contributed by atoms with Crippen molar-refractivity contribution in [2.24, 2.45) is 17.8 Å². The maximum Gasteiger partial charge on any atom is 0.335 e. The van der Waals surface area contributed by atoms with E-state index in [2.05, 4.69) is 20.8 Å².